The topological polar surface area (TPSA) is 108 Å². The van der Waals surface area contributed by atoms with Gasteiger partial charge in [-0.3, -0.25) is 14.4 Å². The van der Waals surface area contributed by atoms with Crippen LogP contribution in [0.15, 0.2) is 18.3 Å². The average Bonchev–Trinajstić information content (AvgIpc) is 3.28. The van der Waals surface area contributed by atoms with Crippen LogP contribution in [0.25, 0.3) is 5.52 Å². The molecule has 2 atom stereocenters. The number of nitrogens with zero attached hydrogens (tertiary/aromatic N) is 7. The Bertz CT molecular complexity index is 1240. The first kappa shape index (κ1) is 19.5. The zero-order valence-electron chi connectivity index (χ0n) is 17.4. The largest absolute Gasteiger partial charge is 0.369 e. The summed E-state index contributed by atoms with van der Waals surface area (Å²) in [5, 5.41) is 18.2. The summed E-state index contributed by atoms with van der Waals surface area (Å²) >= 11 is 0. The SMILES string of the molecule is CC1Cc2nn3c(c2CN1CC(N)=O)CN(c1ccc(C#N)n2ncc(F)c12)C[C@H]3C. The molecule has 10 heteroatoms. The van der Waals surface area contributed by atoms with E-state index in [0.29, 0.717) is 30.8 Å². The number of nitriles is 1. The minimum atomic E-state index is -0.456. The minimum absolute atomic E-state index is 0.0796. The molecule has 0 saturated carbocycles. The van der Waals surface area contributed by atoms with E-state index in [9.17, 15) is 14.4 Å². The highest BCUT2D eigenvalue weighted by Gasteiger charge is 2.34. The van der Waals surface area contributed by atoms with E-state index in [1.807, 2.05) is 0 Å². The molecule has 2 aliphatic rings. The van der Waals surface area contributed by atoms with Crippen molar-refractivity contribution in [1.82, 2.24) is 24.3 Å². The first-order valence-corrected chi connectivity index (χ1v) is 10.3. The standard InChI is InChI=1S/C21H23FN8O/c1-12-5-17-15(9-27(12)11-20(24)31)19-10-28(8-13(2)29(19)26-17)18-4-3-14(6-23)30-21(18)16(22)7-25-30/h3-4,7,12-13H,5,8-11H2,1-2H3,(H2,24,31)/t12?,13-/m1/s1. The van der Waals surface area contributed by atoms with Crippen LogP contribution >= 0.6 is 0 Å². The van der Waals surface area contributed by atoms with Gasteiger partial charge in [-0.1, -0.05) is 0 Å². The van der Waals surface area contributed by atoms with Gasteiger partial charge in [0.1, 0.15) is 17.3 Å². The Kier molecular flexibility index (Phi) is 4.44. The van der Waals surface area contributed by atoms with Crippen LogP contribution in [0.3, 0.4) is 0 Å². The molecular formula is C21H23FN8O. The summed E-state index contributed by atoms with van der Waals surface area (Å²) in [6.45, 7) is 6.20. The Morgan fingerprint density at radius 1 is 1.32 bits per heavy atom. The lowest BCUT2D eigenvalue weighted by atomic mass is 9.98. The highest BCUT2D eigenvalue weighted by atomic mass is 19.1. The van der Waals surface area contributed by atoms with E-state index in [0.717, 1.165) is 29.6 Å². The molecule has 0 aromatic carbocycles. The number of anilines is 1. The maximum Gasteiger partial charge on any atom is 0.231 e. The molecule has 31 heavy (non-hydrogen) atoms. The van der Waals surface area contributed by atoms with Crippen LogP contribution in [0.2, 0.25) is 0 Å². The molecule has 0 bridgehead atoms. The molecule has 2 N–H and O–H groups in total. The van der Waals surface area contributed by atoms with E-state index in [-0.39, 0.29) is 30.2 Å². The van der Waals surface area contributed by atoms with Gasteiger partial charge in [-0.2, -0.15) is 15.5 Å². The molecule has 3 aromatic rings. The Labute approximate surface area is 178 Å². The molecule has 0 spiro atoms. The van der Waals surface area contributed by atoms with Gasteiger partial charge in [0, 0.05) is 31.1 Å². The number of fused-ring (bicyclic) bond motifs is 4. The van der Waals surface area contributed by atoms with Crippen molar-refractivity contribution in [2.24, 2.45) is 5.73 Å². The van der Waals surface area contributed by atoms with Crippen LogP contribution in [0.4, 0.5) is 10.1 Å². The Morgan fingerprint density at radius 2 is 2.13 bits per heavy atom. The number of primary amides is 1. The lowest BCUT2D eigenvalue weighted by molar-refractivity contribution is -0.119. The molecule has 5 rings (SSSR count). The number of rotatable bonds is 3. The third-order valence-corrected chi connectivity index (χ3v) is 6.33. The van der Waals surface area contributed by atoms with Gasteiger partial charge in [0.2, 0.25) is 5.91 Å². The molecule has 9 nitrogen and oxygen atoms in total. The van der Waals surface area contributed by atoms with E-state index >= 15 is 0 Å². The fourth-order valence-corrected chi connectivity index (χ4v) is 4.83. The Balaban J connectivity index is 1.55. The summed E-state index contributed by atoms with van der Waals surface area (Å²) in [7, 11) is 0. The van der Waals surface area contributed by atoms with Crippen molar-refractivity contribution in [3.05, 3.63) is 46.8 Å². The zero-order chi connectivity index (χ0) is 21.9. The van der Waals surface area contributed by atoms with Crippen molar-refractivity contribution in [1.29, 1.82) is 5.26 Å². The maximum absolute atomic E-state index is 14.6. The van der Waals surface area contributed by atoms with Gasteiger partial charge in [-0.05, 0) is 26.0 Å². The average molecular weight is 422 g/mol. The molecule has 2 aliphatic heterocycles. The second-order valence-electron chi connectivity index (χ2n) is 8.44. The van der Waals surface area contributed by atoms with Crippen LogP contribution in [0.1, 0.15) is 42.5 Å². The van der Waals surface area contributed by atoms with Crippen molar-refractivity contribution < 1.29 is 9.18 Å². The number of carbonyl (C=O) groups excluding carboxylic acids is 1. The van der Waals surface area contributed by atoms with Crippen molar-refractivity contribution in [3.8, 4) is 6.07 Å². The first-order chi connectivity index (χ1) is 14.9. The van der Waals surface area contributed by atoms with Crippen molar-refractivity contribution in [2.75, 3.05) is 18.0 Å². The van der Waals surface area contributed by atoms with Crippen LogP contribution in [-0.4, -0.2) is 49.3 Å². The number of halogens is 1. The number of nitrogens with two attached hydrogens (primary N) is 1. The van der Waals surface area contributed by atoms with E-state index in [4.69, 9.17) is 10.8 Å². The summed E-state index contributed by atoms with van der Waals surface area (Å²) in [4.78, 5) is 15.7. The molecule has 5 heterocycles. The second-order valence-corrected chi connectivity index (χ2v) is 8.44. The van der Waals surface area contributed by atoms with E-state index in [1.54, 1.807) is 12.1 Å². The number of hydrogen-bond acceptors (Lipinski definition) is 6. The van der Waals surface area contributed by atoms with E-state index < -0.39 is 5.82 Å². The van der Waals surface area contributed by atoms with Crippen LogP contribution in [-0.2, 0) is 24.3 Å². The fraction of sp³-hybridized carbons (Fsp3) is 0.429. The van der Waals surface area contributed by atoms with Gasteiger partial charge in [0.25, 0.3) is 0 Å². The lowest BCUT2D eigenvalue weighted by Gasteiger charge is -2.36. The van der Waals surface area contributed by atoms with Crippen molar-refractivity contribution >= 4 is 17.1 Å². The smallest absolute Gasteiger partial charge is 0.231 e. The third kappa shape index (κ3) is 3.04. The van der Waals surface area contributed by atoms with Gasteiger partial charge >= 0.3 is 0 Å². The molecule has 0 fully saturated rings. The maximum atomic E-state index is 14.6. The van der Waals surface area contributed by atoms with E-state index in [2.05, 4.69) is 39.5 Å². The van der Waals surface area contributed by atoms with E-state index in [1.165, 1.54) is 4.52 Å². The van der Waals surface area contributed by atoms with Crippen molar-refractivity contribution in [2.45, 2.75) is 45.4 Å². The zero-order valence-corrected chi connectivity index (χ0v) is 17.4. The van der Waals surface area contributed by atoms with Crippen molar-refractivity contribution in [3.63, 3.8) is 0 Å². The minimum Gasteiger partial charge on any atom is -0.369 e. The highest BCUT2D eigenvalue weighted by Crippen LogP contribution is 2.35. The summed E-state index contributed by atoms with van der Waals surface area (Å²) in [6.07, 6.45) is 1.90. The Morgan fingerprint density at radius 3 is 2.87 bits per heavy atom. The first-order valence-electron chi connectivity index (χ1n) is 10.3. The number of carbonyl (C=O) groups is 1. The van der Waals surface area contributed by atoms with Gasteiger partial charge in [0.15, 0.2) is 5.82 Å². The summed E-state index contributed by atoms with van der Waals surface area (Å²) in [6, 6.07) is 5.77. The normalized spacial score (nSPS) is 21.0. The van der Waals surface area contributed by atoms with Crippen LogP contribution in [0.5, 0.6) is 0 Å². The van der Waals surface area contributed by atoms with Gasteiger partial charge in [0.05, 0.1) is 42.4 Å². The van der Waals surface area contributed by atoms with Crippen LogP contribution < -0.4 is 10.6 Å². The summed E-state index contributed by atoms with van der Waals surface area (Å²) in [5.41, 5.74) is 9.96. The highest BCUT2D eigenvalue weighted by molar-refractivity contribution is 5.76. The molecule has 0 saturated heterocycles. The number of amides is 1. The number of aromatic nitrogens is 4. The summed E-state index contributed by atoms with van der Waals surface area (Å²) in [5.74, 6) is -0.801. The molecule has 3 aromatic heterocycles. The van der Waals surface area contributed by atoms with Crippen LogP contribution in [0, 0.1) is 17.1 Å². The molecule has 160 valence electrons. The molecule has 0 aliphatic carbocycles. The number of hydrogen-bond donors (Lipinski definition) is 1. The third-order valence-electron chi connectivity index (χ3n) is 6.33. The van der Waals surface area contributed by atoms with Gasteiger partial charge in [-0.25, -0.2) is 8.91 Å². The predicted octanol–water partition coefficient (Wildman–Crippen LogP) is 1.35. The quantitative estimate of drug-likeness (QED) is 0.683. The van der Waals surface area contributed by atoms with Gasteiger partial charge in [-0.15, -0.1) is 0 Å². The van der Waals surface area contributed by atoms with Gasteiger partial charge < -0.3 is 10.6 Å². The monoisotopic (exact) mass is 422 g/mol. The lowest BCUT2D eigenvalue weighted by Crippen LogP contribution is -2.43. The Hall–Kier alpha value is -3.45. The molecule has 0 radical (unpaired) electrons. The number of pyridine rings is 1. The summed E-state index contributed by atoms with van der Waals surface area (Å²) < 4.78 is 18.0. The second kappa shape index (κ2) is 7.06. The molecule has 1 amide bonds. The molecule has 1 unspecified atom stereocenters. The molecular weight excluding hydrogens is 399 g/mol. The predicted molar refractivity (Wildman–Crippen MR) is 111 cm³/mol. The fourth-order valence-electron chi connectivity index (χ4n) is 4.83.